The highest BCUT2D eigenvalue weighted by atomic mass is 16.5. The highest BCUT2D eigenvalue weighted by Crippen LogP contribution is 2.30. The number of imide groups is 1. The Morgan fingerprint density at radius 2 is 1.96 bits per heavy atom. The van der Waals surface area contributed by atoms with Gasteiger partial charge in [-0.05, 0) is 38.5 Å². The predicted octanol–water partition coefficient (Wildman–Crippen LogP) is 1.29. The molecule has 1 fully saturated rings. The lowest BCUT2D eigenvalue weighted by Gasteiger charge is -2.23. The molecule has 2 rings (SSSR count). The van der Waals surface area contributed by atoms with Gasteiger partial charge in [0.15, 0.2) is 0 Å². The second kappa shape index (κ2) is 6.31. The van der Waals surface area contributed by atoms with Gasteiger partial charge in [0.05, 0.1) is 6.61 Å². The van der Waals surface area contributed by atoms with Crippen molar-refractivity contribution in [1.29, 1.82) is 5.41 Å². The van der Waals surface area contributed by atoms with E-state index in [0.717, 1.165) is 0 Å². The smallest absolute Gasteiger partial charge is 0.326 e. The number of aliphatic carboxylic acids is 1. The van der Waals surface area contributed by atoms with Crippen LogP contribution < -0.4 is 5.32 Å². The van der Waals surface area contributed by atoms with Crippen LogP contribution in [-0.2, 0) is 19.9 Å². The molecule has 1 aromatic rings. The van der Waals surface area contributed by atoms with Gasteiger partial charge in [-0.15, -0.1) is 0 Å². The first-order chi connectivity index (χ1) is 11.2. The number of hydrogen-bond donors (Lipinski definition) is 3. The second-order valence-electron chi connectivity index (χ2n) is 5.58. The average molecular weight is 333 g/mol. The maximum atomic E-state index is 12.6. The third-order valence-electron chi connectivity index (χ3n) is 3.98. The molecule has 0 aromatic heterocycles. The van der Waals surface area contributed by atoms with E-state index in [-0.39, 0.29) is 5.90 Å². The molecule has 3 N–H and O–H groups in total. The summed E-state index contributed by atoms with van der Waals surface area (Å²) in [6.07, 6.45) is 0. The molecule has 1 aromatic carbocycles. The molecule has 1 heterocycles. The van der Waals surface area contributed by atoms with Crippen LogP contribution in [0.1, 0.15) is 31.9 Å². The highest BCUT2D eigenvalue weighted by Gasteiger charge is 2.51. The minimum Gasteiger partial charge on any atom is -0.480 e. The SMILES string of the molecule is CCOC(=N)c1ccc(C2(C)NC(=O)N(C(C)C(=O)O)C2=O)cc1. The lowest BCUT2D eigenvalue weighted by atomic mass is 9.91. The maximum Gasteiger partial charge on any atom is 0.326 e. The predicted molar refractivity (Wildman–Crippen MR) is 84.7 cm³/mol. The summed E-state index contributed by atoms with van der Waals surface area (Å²) in [5, 5.41) is 19.3. The van der Waals surface area contributed by atoms with Crippen LogP contribution >= 0.6 is 0 Å². The highest BCUT2D eigenvalue weighted by molar-refractivity contribution is 6.09. The molecular weight excluding hydrogens is 314 g/mol. The maximum absolute atomic E-state index is 12.6. The molecule has 2 atom stereocenters. The third-order valence-corrected chi connectivity index (χ3v) is 3.98. The fraction of sp³-hybridized carbons (Fsp3) is 0.375. The normalized spacial score (nSPS) is 21.4. The summed E-state index contributed by atoms with van der Waals surface area (Å²) < 4.78 is 5.10. The van der Waals surface area contributed by atoms with Crippen molar-refractivity contribution in [2.75, 3.05) is 6.61 Å². The van der Waals surface area contributed by atoms with Crippen molar-refractivity contribution in [3.05, 3.63) is 35.4 Å². The van der Waals surface area contributed by atoms with Gasteiger partial charge in [-0.3, -0.25) is 10.2 Å². The van der Waals surface area contributed by atoms with Gasteiger partial charge in [-0.25, -0.2) is 14.5 Å². The van der Waals surface area contributed by atoms with Gasteiger partial charge in [0.1, 0.15) is 11.6 Å². The van der Waals surface area contributed by atoms with Gasteiger partial charge in [0.25, 0.3) is 5.91 Å². The van der Waals surface area contributed by atoms with Crippen LogP contribution in [0.5, 0.6) is 0 Å². The van der Waals surface area contributed by atoms with Crippen LogP contribution in [0.4, 0.5) is 4.79 Å². The molecule has 0 saturated carbocycles. The number of ether oxygens (including phenoxy) is 1. The summed E-state index contributed by atoms with van der Waals surface area (Å²) in [7, 11) is 0. The van der Waals surface area contributed by atoms with Crippen LogP contribution in [0.25, 0.3) is 0 Å². The van der Waals surface area contributed by atoms with E-state index in [0.29, 0.717) is 22.6 Å². The van der Waals surface area contributed by atoms with Crippen molar-refractivity contribution in [3.8, 4) is 0 Å². The van der Waals surface area contributed by atoms with Crippen molar-refractivity contribution in [2.24, 2.45) is 0 Å². The summed E-state index contributed by atoms with van der Waals surface area (Å²) in [5.74, 6) is -1.88. The number of hydrogen-bond acceptors (Lipinski definition) is 5. The summed E-state index contributed by atoms with van der Waals surface area (Å²) in [5.41, 5.74) is -0.321. The number of nitrogens with zero attached hydrogens (tertiary/aromatic N) is 1. The number of urea groups is 1. The lowest BCUT2D eigenvalue weighted by molar-refractivity contribution is -0.147. The molecule has 0 spiro atoms. The fourth-order valence-electron chi connectivity index (χ4n) is 2.50. The molecule has 24 heavy (non-hydrogen) atoms. The summed E-state index contributed by atoms with van der Waals surface area (Å²) in [4.78, 5) is 36.5. The zero-order chi connectivity index (χ0) is 18.1. The van der Waals surface area contributed by atoms with Crippen molar-refractivity contribution >= 4 is 23.8 Å². The number of carbonyl (C=O) groups is 3. The van der Waals surface area contributed by atoms with Crippen LogP contribution in [0.15, 0.2) is 24.3 Å². The number of carboxylic acids is 1. The molecule has 1 aliphatic heterocycles. The van der Waals surface area contributed by atoms with Crippen molar-refractivity contribution in [2.45, 2.75) is 32.4 Å². The molecule has 0 aliphatic carbocycles. The Bertz CT molecular complexity index is 700. The van der Waals surface area contributed by atoms with Crippen LogP contribution in [0, 0.1) is 5.41 Å². The molecule has 8 nitrogen and oxygen atoms in total. The Morgan fingerprint density at radius 3 is 2.46 bits per heavy atom. The second-order valence-corrected chi connectivity index (χ2v) is 5.58. The Balaban J connectivity index is 2.31. The van der Waals surface area contributed by atoms with Crippen molar-refractivity contribution in [1.82, 2.24) is 10.2 Å². The molecule has 1 aliphatic rings. The third kappa shape index (κ3) is 2.82. The summed E-state index contributed by atoms with van der Waals surface area (Å²) >= 11 is 0. The van der Waals surface area contributed by atoms with Gasteiger partial charge in [-0.1, -0.05) is 12.1 Å². The molecule has 8 heteroatoms. The van der Waals surface area contributed by atoms with Crippen molar-refractivity contribution in [3.63, 3.8) is 0 Å². The quantitative estimate of drug-likeness (QED) is 0.426. The summed E-state index contributed by atoms with van der Waals surface area (Å²) in [6, 6.07) is 4.43. The summed E-state index contributed by atoms with van der Waals surface area (Å²) in [6.45, 7) is 4.94. The van der Waals surface area contributed by atoms with Crippen molar-refractivity contribution < 1.29 is 24.2 Å². The van der Waals surface area contributed by atoms with E-state index >= 15 is 0 Å². The number of benzene rings is 1. The Kier molecular flexibility index (Phi) is 4.59. The first kappa shape index (κ1) is 17.5. The van der Waals surface area contributed by atoms with Gasteiger partial charge in [0, 0.05) is 5.56 Å². The van der Waals surface area contributed by atoms with Gasteiger partial charge in [-0.2, -0.15) is 0 Å². The monoisotopic (exact) mass is 333 g/mol. The zero-order valence-corrected chi connectivity index (χ0v) is 13.6. The van der Waals surface area contributed by atoms with Gasteiger partial charge < -0.3 is 15.2 Å². The minimum atomic E-state index is -1.35. The zero-order valence-electron chi connectivity index (χ0n) is 13.6. The molecule has 2 unspecified atom stereocenters. The largest absolute Gasteiger partial charge is 0.480 e. The first-order valence-corrected chi connectivity index (χ1v) is 7.43. The molecular formula is C16H19N3O5. The van der Waals surface area contributed by atoms with Crippen LogP contribution in [0.3, 0.4) is 0 Å². The molecule has 0 bridgehead atoms. The Labute approximate surface area is 138 Å². The van der Waals surface area contributed by atoms with E-state index in [1.165, 1.54) is 13.8 Å². The van der Waals surface area contributed by atoms with Gasteiger partial charge >= 0.3 is 12.0 Å². The Hall–Kier alpha value is -2.90. The van der Waals surface area contributed by atoms with E-state index in [2.05, 4.69) is 5.32 Å². The number of rotatable bonds is 5. The fourth-order valence-corrected chi connectivity index (χ4v) is 2.50. The van der Waals surface area contributed by atoms with Crippen LogP contribution in [0.2, 0.25) is 0 Å². The van der Waals surface area contributed by atoms with Gasteiger partial charge in [0.2, 0.25) is 5.90 Å². The van der Waals surface area contributed by atoms with E-state index in [1.807, 2.05) is 0 Å². The molecule has 1 saturated heterocycles. The molecule has 128 valence electrons. The van der Waals surface area contributed by atoms with E-state index in [4.69, 9.17) is 15.3 Å². The lowest BCUT2D eigenvalue weighted by Crippen LogP contribution is -2.45. The number of carbonyl (C=O) groups excluding carboxylic acids is 2. The van der Waals surface area contributed by atoms with Crippen LogP contribution in [-0.4, -0.2) is 46.5 Å². The molecule has 0 radical (unpaired) electrons. The average Bonchev–Trinajstić information content (AvgIpc) is 2.77. The number of amides is 3. The van der Waals surface area contributed by atoms with E-state index in [1.54, 1.807) is 31.2 Å². The topological polar surface area (TPSA) is 120 Å². The number of nitrogens with one attached hydrogen (secondary N) is 2. The first-order valence-electron chi connectivity index (χ1n) is 7.43. The molecule has 3 amide bonds. The standard InChI is InChI=1S/C16H19N3O5/c1-4-24-12(17)10-5-7-11(8-6-10)16(3)14(22)19(15(23)18-16)9(2)13(20)21/h5-9,17H,4H2,1-3H3,(H,18,23)(H,20,21). The van der Waals surface area contributed by atoms with E-state index in [9.17, 15) is 14.4 Å². The number of carboxylic acid groups (broad SMARTS) is 1. The Morgan fingerprint density at radius 1 is 1.38 bits per heavy atom. The van der Waals surface area contributed by atoms with E-state index < -0.39 is 29.5 Å². The minimum absolute atomic E-state index is 0.0112.